The molecule has 0 N–H and O–H groups in total. The van der Waals surface area contributed by atoms with Crippen LogP contribution in [0, 0.1) is 0 Å². The Labute approximate surface area is 148 Å². The zero-order valence-corrected chi connectivity index (χ0v) is 15.0. The van der Waals surface area contributed by atoms with Crippen molar-refractivity contribution < 1.29 is 9.53 Å². The Morgan fingerprint density at radius 1 is 0.750 bits per heavy atom. The molecule has 0 fully saturated rings. The number of allylic oxidation sites excluding steroid dienone is 11. The fraction of sp³-hybridized carbons (Fsp3) is 0.409. The summed E-state index contributed by atoms with van der Waals surface area (Å²) in [4.78, 5) is 11.1. The van der Waals surface area contributed by atoms with Crippen LogP contribution in [-0.2, 0) is 9.53 Å². The Morgan fingerprint density at radius 2 is 1.17 bits per heavy atom. The quantitative estimate of drug-likeness (QED) is 0.278. The number of hydrogen-bond acceptors (Lipinski definition) is 2. The maximum Gasteiger partial charge on any atom is 0.306 e. The van der Waals surface area contributed by atoms with Gasteiger partial charge in [-0.3, -0.25) is 4.79 Å². The zero-order chi connectivity index (χ0) is 17.7. The summed E-state index contributed by atoms with van der Waals surface area (Å²) in [6.07, 6.45) is 29.3. The summed E-state index contributed by atoms with van der Waals surface area (Å²) in [7, 11) is 0. The highest BCUT2D eigenvalue weighted by atomic mass is 16.5. The highest BCUT2D eigenvalue weighted by molar-refractivity contribution is 5.69. The SMILES string of the molecule is C=CC/C=C\C/C=C\C/C=C\C/C=C\C/C=C\CCC(=O)OCC. The van der Waals surface area contributed by atoms with E-state index in [1.165, 1.54) is 0 Å². The molecule has 0 rings (SSSR count). The standard InChI is InChI=1S/C22H32O2/c1-3-5-6-7-8-9-10-11-12-13-14-15-16-17-18-19-20-21-22(23)24-4-2/h3,6-7,9-10,12-13,15-16,18-19H,1,4-5,8,11,14,17,20-21H2,2H3/b7-6-,10-9-,13-12-,16-15-,19-18-. The van der Waals surface area contributed by atoms with Crippen LogP contribution in [0.4, 0.5) is 0 Å². The Hall–Kier alpha value is -2.09. The van der Waals surface area contributed by atoms with E-state index in [1.807, 2.05) is 19.1 Å². The fourth-order valence-electron chi connectivity index (χ4n) is 1.83. The molecule has 0 heterocycles. The highest BCUT2D eigenvalue weighted by Gasteiger charge is 1.97. The van der Waals surface area contributed by atoms with Gasteiger partial charge in [-0.2, -0.15) is 0 Å². The zero-order valence-electron chi connectivity index (χ0n) is 15.0. The molecule has 0 aromatic carbocycles. The molecule has 0 unspecified atom stereocenters. The second-order valence-corrected chi connectivity index (χ2v) is 5.17. The molecular formula is C22H32O2. The lowest BCUT2D eigenvalue weighted by Crippen LogP contribution is -2.02. The number of carbonyl (C=O) groups is 1. The lowest BCUT2D eigenvalue weighted by atomic mass is 10.2. The molecule has 0 spiro atoms. The van der Waals surface area contributed by atoms with Crippen LogP contribution in [0.1, 0.15) is 51.9 Å². The molecule has 0 saturated heterocycles. The second kappa shape index (κ2) is 19.0. The molecule has 0 bridgehead atoms. The maximum absolute atomic E-state index is 11.1. The van der Waals surface area contributed by atoms with Crippen molar-refractivity contribution in [2.45, 2.75) is 51.9 Å². The first-order valence-corrected chi connectivity index (χ1v) is 8.82. The Balaban J connectivity index is 3.52. The molecule has 0 radical (unpaired) electrons. The van der Waals surface area contributed by atoms with E-state index < -0.39 is 0 Å². The average molecular weight is 328 g/mol. The summed E-state index contributed by atoms with van der Waals surface area (Å²) in [6, 6.07) is 0. The molecule has 0 aromatic heterocycles. The third-order valence-electron chi connectivity index (χ3n) is 3.05. The van der Waals surface area contributed by atoms with Gasteiger partial charge in [0.25, 0.3) is 0 Å². The van der Waals surface area contributed by atoms with Crippen molar-refractivity contribution in [3.05, 3.63) is 73.4 Å². The lowest BCUT2D eigenvalue weighted by molar-refractivity contribution is -0.142. The summed E-state index contributed by atoms with van der Waals surface area (Å²) in [5, 5.41) is 0. The van der Waals surface area contributed by atoms with Crippen LogP contribution in [0.3, 0.4) is 0 Å². The van der Waals surface area contributed by atoms with Gasteiger partial charge in [-0.15, -0.1) is 6.58 Å². The van der Waals surface area contributed by atoms with Crippen LogP contribution in [0.5, 0.6) is 0 Å². The van der Waals surface area contributed by atoms with Gasteiger partial charge in [0.2, 0.25) is 0 Å². The van der Waals surface area contributed by atoms with Crippen molar-refractivity contribution in [2.24, 2.45) is 0 Å². The first kappa shape index (κ1) is 21.9. The van der Waals surface area contributed by atoms with Crippen molar-refractivity contribution in [1.29, 1.82) is 0 Å². The van der Waals surface area contributed by atoms with Gasteiger partial charge in [0.05, 0.1) is 6.61 Å². The van der Waals surface area contributed by atoms with E-state index in [0.29, 0.717) is 13.0 Å². The van der Waals surface area contributed by atoms with Crippen molar-refractivity contribution in [2.75, 3.05) is 6.61 Å². The van der Waals surface area contributed by atoms with Crippen molar-refractivity contribution in [1.82, 2.24) is 0 Å². The Morgan fingerprint density at radius 3 is 1.58 bits per heavy atom. The van der Waals surface area contributed by atoms with Gasteiger partial charge >= 0.3 is 5.97 Å². The largest absolute Gasteiger partial charge is 0.466 e. The number of hydrogen-bond donors (Lipinski definition) is 0. The van der Waals surface area contributed by atoms with Crippen LogP contribution < -0.4 is 0 Å². The lowest BCUT2D eigenvalue weighted by Gasteiger charge is -1.97. The summed E-state index contributed by atoms with van der Waals surface area (Å²) >= 11 is 0. The average Bonchev–Trinajstić information content (AvgIpc) is 2.58. The van der Waals surface area contributed by atoms with Crippen LogP contribution in [0.2, 0.25) is 0 Å². The maximum atomic E-state index is 11.1. The van der Waals surface area contributed by atoms with E-state index in [4.69, 9.17) is 4.74 Å². The van der Waals surface area contributed by atoms with Gasteiger partial charge in [-0.25, -0.2) is 0 Å². The molecule has 0 aliphatic carbocycles. The van der Waals surface area contributed by atoms with E-state index in [1.54, 1.807) is 0 Å². The second-order valence-electron chi connectivity index (χ2n) is 5.17. The highest BCUT2D eigenvalue weighted by Crippen LogP contribution is 1.98. The van der Waals surface area contributed by atoms with Crippen molar-refractivity contribution >= 4 is 5.97 Å². The Kier molecular flexibility index (Phi) is 17.3. The van der Waals surface area contributed by atoms with E-state index in [2.05, 4.69) is 61.3 Å². The third kappa shape index (κ3) is 18.0. The van der Waals surface area contributed by atoms with Gasteiger partial charge in [-0.05, 0) is 45.4 Å². The minimum Gasteiger partial charge on any atom is -0.466 e. The first-order valence-electron chi connectivity index (χ1n) is 8.82. The summed E-state index contributed by atoms with van der Waals surface area (Å²) < 4.78 is 4.86. The predicted molar refractivity (Wildman–Crippen MR) is 105 cm³/mol. The third-order valence-corrected chi connectivity index (χ3v) is 3.05. The molecule has 132 valence electrons. The molecule has 0 aliphatic rings. The van der Waals surface area contributed by atoms with Crippen LogP contribution in [-0.4, -0.2) is 12.6 Å². The number of rotatable bonds is 14. The fourth-order valence-corrected chi connectivity index (χ4v) is 1.83. The van der Waals surface area contributed by atoms with Gasteiger partial charge in [0.15, 0.2) is 0 Å². The molecule has 0 atom stereocenters. The van der Waals surface area contributed by atoms with Gasteiger partial charge in [0, 0.05) is 6.42 Å². The first-order chi connectivity index (χ1) is 11.8. The molecule has 0 amide bonds. The van der Waals surface area contributed by atoms with E-state index in [0.717, 1.165) is 38.5 Å². The smallest absolute Gasteiger partial charge is 0.306 e. The minimum absolute atomic E-state index is 0.121. The molecule has 0 saturated carbocycles. The molecule has 2 nitrogen and oxygen atoms in total. The summed E-state index contributed by atoms with van der Waals surface area (Å²) in [6.45, 7) is 5.96. The number of carbonyl (C=O) groups excluding carboxylic acids is 1. The predicted octanol–water partition coefficient (Wildman–Crippen LogP) is 6.25. The van der Waals surface area contributed by atoms with Crippen LogP contribution in [0.25, 0.3) is 0 Å². The van der Waals surface area contributed by atoms with E-state index >= 15 is 0 Å². The monoisotopic (exact) mass is 328 g/mol. The van der Waals surface area contributed by atoms with E-state index in [9.17, 15) is 4.79 Å². The molecule has 0 aromatic rings. The summed E-state index contributed by atoms with van der Waals surface area (Å²) in [5.41, 5.74) is 0. The van der Waals surface area contributed by atoms with Gasteiger partial charge in [0.1, 0.15) is 0 Å². The number of esters is 1. The van der Waals surface area contributed by atoms with Crippen molar-refractivity contribution in [3.8, 4) is 0 Å². The summed E-state index contributed by atoms with van der Waals surface area (Å²) in [5.74, 6) is -0.121. The van der Waals surface area contributed by atoms with Crippen LogP contribution in [0.15, 0.2) is 73.4 Å². The normalized spacial score (nSPS) is 12.4. The molecule has 24 heavy (non-hydrogen) atoms. The molecular weight excluding hydrogens is 296 g/mol. The minimum atomic E-state index is -0.121. The van der Waals surface area contributed by atoms with E-state index in [-0.39, 0.29) is 5.97 Å². The molecule has 0 aliphatic heterocycles. The van der Waals surface area contributed by atoms with Crippen LogP contribution >= 0.6 is 0 Å². The number of ether oxygens (including phenoxy) is 1. The topological polar surface area (TPSA) is 26.3 Å². The Bertz CT molecular complexity index is 451. The molecule has 2 heteroatoms. The van der Waals surface area contributed by atoms with Crippen molar-refractivity contribution in [3.63, 3.8) is 0 Å². The van der Waals surface area contributed by atoms with Gasteiger partial charge in [-0.1, -0.05) is 66.8 Å². The van der Waals surface area contributed by atoms with Gasteiger partial charge < -0.3 is 4.74 Å².